The molecule has 130 valence electrons. The molecule has 0 amide bonds. The molecule has 25 heavy (non-hydrogen) atoms. The Kier molecular flexibility index (Phi) is 5.03. The van der Waals surface area contributed by atoms with Crippen LogP contribution in [0.2, 0.25) is 0 Å². The Hall–Kier alpha value is -2.82. The Labute approximate surface area is 148 Å². The van der Waals surface area contributed by atoms with Gasteiger partial charge < -0.3 is 14.8 Å². The van der Waals surface area contributed by atoms with Crippen molar-refractivity contribution in [3.8, 4) is 11.6 Å². The van der Waals surface area contributed by atoms with Crippen LogP contribution in [0.1, 0.15) is 28.8 Å². The van der Waals surface area contributed by atoms with E-state index in [1.807, 2.05) is 49.9 Å². The molecular formula is C20H23N3O2. The van der Waals surface area contributed by atoms with E-state index in [9.17, 15) is 5.21 Å². The van der Waals surface area contributed by atoms with Gasteiger partial charge in [0.15, 0.2) is 5.84 Å². The number of hydrogen-bond acceptors (Lipinski definition) is 4. The predicted molar refractivity (Wildman–Crippen MR) is 98.6 cm³/mol. The van der Waals surface area contributed by atoms with Crippen molar-refractivity contribution in [2.45, 2.75) is 27.2 Å². The van der Waals surface area contributed by atoms with Crippen molar-refractivity contribution in [3.63, 3.8) is 0 Å². The van der Waals surface area contributed by atoms with Gasteiger partial charge in [-0.25, -0.2) is 4.98 Å². The SMILES string of the molecule is Cc1ccc(Oc2nc(C)ccc2/C(=N/O)N2CC=CCC2)c(C)c1. The van der Waals surface area contributed by atoms with Crippen molar-refractivity contribution >= 4 is 5.84 Å². The molecule has 0 radical (unpaired) electrons. The van der Waals surface area contributed by atoms with Crippen LogP contribution in [0.3, 0.4) is 0 Å². The van der Waals surface area contributed by atoms with E-state index < -0.39 is 0 Å². The van der Waals surface area contributed by atoms with Crippen molar-refractivity contribution in [2.24, 2.45) is 5.16 Å². The lowest BCUT2D eigenvalue weighted by Gasteiger charge is -2.26. The van der Waals surface area contributed by atoms with Gasteiger partial charge in [0, 0.05) is 18.8 Å². The molecule has 2 heterocycles. The van der Waals surface area contributed by atoms with Gasteiger partial charge in [0.2, 0.25) is 5.88 Å². The molecule has 0 unspecified atom stereocenters. The number of rotatable bonds is 3. The monoisotopic (exact) mass is 337 g/mol. The molecule has 5 heteroatoms. The highest BCUT2D eigenvalue weighted by Gasteiger charge is 2.21. The van der Waals surface area contributed by atoms with E-state index >= 15 is 0 Å². The summed E-state index contributed by atoms with van der Waals surface area (Å²) < 4.78 is 6.10. The second-order valence-electron chi connectivity index (χ2n) is 6.31. The van der Waals surface area contributed by atoms with Crippen molar-refractivity contribution in [1.29, 1.82) is 0 Å². The van der Waals surface area contributed by atoms with E-state index in [2.05, 4.69) is 28.4 Å². The summed E-state index contributed by atoms with van der Waals surface area (Å²) in [6.45, 7) is 7.48. The lowest BCUT2D eigenvalue weighted by Crippen LogP contribution is -2.34. The fourth-order valence-electron chi connectivity index (χ4n) is 2.92. The number of hydrogen-bond donors (Lipinski definition) is 1. The highest BCUT2D eigenvalue weighted by molar-refractivity contribution is 6.00. The van der Waals surface area contributed by atoms with E-state index in [1.54, 1.807) is 0 Å². The Morgan fingerprint density at radius 2 is 2.00 bits per heavy atom. The van der Waals surface area contributed by atoms with Crippen molar-refractivity contribution in [2.75, 3.05) is 13.1 Å². The molecule has 1 N–H and O–H groups in total. The maximum Gasteiger partial charge on any atom is 0.230 e. The second-order valence-corrected chi connectivity index (χ2v) is 6.31. The number of oxime groups is 1. The van der Waals surface area contributed by atoms with Crippen LogP contribution in [-0.2, 0) is 0 Å². The van der Waals surface area contributed by atoms with E-state index in [-0.39, 0.29) is 0 Å². The number of amidine groups is 1. The minimum absolute atomic E-state index is 0.453. The molecule has 1 aliphatic heterocycles. The fourth-order valence-corrected chi connectivity index (χ4v) is 2.92. The van der Waals surface area contributed by atoms with Gasteiger partial charge in [0.25, 0.3) is 0 Å². The smallest absolute Gasteiger partial charge is 0.230 e. The predicted octanol–water partition coefficient (Wildman–Crippen LogP) is 4.20. The number of pyridine rings is 1. The van der Waals surface area contributed by atoms with Crippen LogP contribution in [0, 0.1) is 20.8 Å². The Balaban J connectivity index is 1.98. The lowest BCUT2D eigenvalue weighted by molar-refractivity contribution is 0.302. The van der Waals surface area contributed by atoms with Crippen molar-refractivity contribution < 1.29 is 9.94 Å². The number of aryl methyl sites for hydroxylation is 3. The maximum atomic E-state index is 9.62. The van der Waals surface area contributed by atoms with Crippen LogP contribution in [0.15, 0.2) is 47.6 Å². The maximum absolute atomic E-state index is 9.62. The second kappa shape index (κ2) is 7.38. The number of ether oxygens (including phenoxy) is 1. The molecule has 0 fully saturated rings. The topological polar surface area (TPSA) is 58.0 Å². The van der Waals surface area contributed by atoms with Crippen LogP contribution in [-0.4, -0.2) is 34.0 Å². The standard InChI is InChI=1S/C20H23N3O2/c1-14-7-10-18(15(2)13-14)25-20-17(9-8-16(3)21-20)19(22-24)23-11-5-4-6-12-23/h4-5,7-10,13,24H,6,11-12H2,1-3H3/b22-19-. The first-order valence-corrected chi connectivity index (χ1v) is 8.43. The molecule has 0 aliphatic carbocycles. The molecule has 0 saturated heterocycles. The summed E-state index contributed by atoms with van der Waals surface area (Å²) in [7, 11) is 0. The number of aromatic nitrogens is 1. The van der Waals surface area contributed by atoms with Gasteiger partial charge in [-0.15, -0.1) is 0 Å². The first kappa shape index (κ1) is 17.0. The Morgan fingerprint density at radius 1 is 1.16 bits per heavy atom. The quantitative estimate of drug-likeness (QED) is 0.300. The molecule has 0 saturated carbocycles. The van der Waals surface area contributed by atoms with Gasteiger partial charge in [0.05, 0.1) is 5.56 Å². The van der Waals surface area contributed by atoms with Crippen molar-refractivity contribution in [3.05, 3.63) is 64.9 Å². The summed E-state index contributed by atoms with van der Waals surface area (Å²) in [6.07, 6.45) is 5.12. The zero-order valence-corrected chi connectivity index (χ0v) is 14.9. The number of nitrogens with zero attached hydrogens (tertiary/aromatic N) is 3. The summed E-state index contributed by atoms with van der Waals surface area (Å²) in [6, 6.07) is 9.82. The minimum atomic E-state index is 0.453. The molecule has 0 spiro atoms. The normalized spacial score (nSPS) is 14.7. The fraction of sp³-hybridized carbons (Fsp3) is 0.300. The average molecular weight is 337 g/mol. The molecule has 2 aromatic rings. The van der Waals surface area contributed by atoms with Crippen LogP contribution in [0.5, 0.6) is 11.6 Å². The summed E-state index contributed by atoms with van der Waals surface area (Å²) in [5.41, 5.74) is 3.75. The highest BCUT2D eigenvalue weighted by Crippen LogP contribution is 2.28. The van der Waals surface area contributed by atoms with E-state index in [0.717, 1.165) is 30.0 Å². The third-order valence-corrected chi connectivity index (χ3v) is 4.23. The molecular weight excluding hydrogens is 314 g/mol. The average Bonchev–Trinajstić information content (AvgIpc) is 2.61. The highest BCUT2D eigenvalue weighted by atomic mass is 16.5. The summed E-state index contributed by atoms with van der Waals surface area (Å²) in [4.78, 5) is 6.55. The third-order valence-electron chi connectivity index (χ3n) is 4.23. The minimum Gasteiger partial charge on any atom is -0.438 e. The van der Waals surface area contributed by atoms with E-state index in [1.165, 1.54) is 5.56 Å². The van der Waals surface area contributed by atoms with Gasteiger partial charge in [-0.05, 0) is 51.0 Å². The molecule has 3 rings (SSSR count). The Bertz CT molecular complexity index is 828. The summed E-state index contributed by atoms with van der Waals surface area (Å²) in [5.74, 6) is 1.69. The van der Waals surface area contributed by atoms with Gasteiger partial charge in [-0.1, -0.05) is 35.0 Å². The molecule has 1 aliphatic rings. The molecule has 5 nitrogen and oxygen atoms in total. The summed E-state index contributed by atoms with van der Waals surface area (Å²) in [5, 5.41) is 13.2. The Morgan fingerprint density at radius 3 is 2.68 bits per heavy atom. The molecule has 0 bridgehead atoms. The zero-order valence-electron chi connectivity index (χ0n) is 14.9. The first-order chi connectivity index (χ1) is 12.1. The molecule has 0 atom stereocenters. The molecule has 1 aromatic carbocycles. The van der Waals surface area contributed by atoms with Crippen LogP contribution >= 0.6 is 0 Å². The lowest BCUT2D eigenvalue weighted by atomic mass is 10.1. The first-order valence-electron chi connectivity index (χ1n) is 8.43. The van der Waals surface area contributed by atoms with Crippen LogP contribution < -0.4 is 4.74 Å². The van der Waals surface area contributed by atoms with Gasteiger partial charge in [-0.2, -0.15) is 0 Å². The zero-order chi connectivity index (χ0) is 17.8. The van der Waals surface area contributed by atoms with Gasteiger partial charge in [0.1, 0.15) is 5.75 Å². The number of benzene rings is 1. The summed E-state index contributed by atoms with van der Waals surface area (Å²) >= 11 is 0. The largest absolute Gasteiger partial charge is 0.438 e. The van der Waals surface area contributed by atoms with Gasteiger partial charge >= 0.3 is 0 Å². The van der Waals surface area contributed by atoms with E-state index in [0.29, 0.717) is 23.8 Å². The van der Waals surface area contributed by atoms with Crippen LogP contribution in [0.4, 0.5) is 0 Å². The van der Waals surface area contributed by atoms with Crippen LogP contribution in [0.25, 0.3) is 0 Å². The van der Waals surface area contributed by atoms with Crippen molar-refractivity contribution in [1.82, 2.24) is 9.88 Å². The molecule has 1 aromatic heterocycles. The van der Waals surface area contributed by atoms with Gasteiger partial charge in [-0.3, -0.25) is 0 Å². The van der Waals surface area contributed by atoms with E-state index in [4.69, 9.17) is 4.74 Å². The third kappa shape index (κ3) is 3.82.